The highest BCUT2D eigenvalue weighted by atomic mass is 16.1. The maximum Gasteiger partial charge on any atom is 0.139 e. The van der Waals surface area contributed by atoms with Crippen LogP contribution in [-0.2, 0) is 4.79 Å². The summed E-state index contributed by atoms with van der Waals surface area (Å²) in [5.74, 6) is 5.83. The van der Waals surface area contributed by atoms with E-state index >= 15 is 0 Å². The lowest BCUT2D eigenvalue weighted by molar-refractivity contribution is -0.142. The van der Waals surface area contributed by atoms with Crippen LogP contribution < -0.4 is 0 Å². The van der Waals surface area contributed by atoms with E-state index in [1.807, 2.05) is 0 Å². The van der Waals surface area contributed by atoms with Crippen LogP contribution in [0.4, 0.5) is 0 Å². The molecule has 0 bridgehead atoms. The summed E-state index contributed by atoms with van der Waals surface area (Å²) in [6, 6.07) is 0. The molecule has 4 saturated carbocycles. The van der Waals surface area contributed by atoms with E-state index in [4.69, 9.17) is 0 Å². The SMILES string of the molecule is C[C@H]1C[C@@H]2CC[C@@H]3[C@H](CC[C@]4(C)C(=O)CC[C@@H]34)[C@@]2(C)C[C@@H]1C. The summed E-state index contributed by atoms with van der Waals surface area (Å²) in [6.07, 6.45) is 10.3. The van der Waals surface area contributed by atoms with E-state index in [-0.39, 0.29) is 5.41 Å². The van der Waals surface area contributed by atoms with Crippen molar-refractivity contribution in [2.45, 2.75) is 79.1 Å². The molecule has 0 spiro atoms. The highest BCUT2D eigenvalue weighted by Crippen LogP contribution is 2.66. The van der Waals surface area contributed by atoms with Crippen molar-refractivity contribution < 1.29 is 4.79 Å². The van der Waals surface area contributed by atoms with Crippen molar-refractivity contribution in [3.63, 3.8) is 0 Å². The molecular formula is C21H34O. The first kappa shape index (κ1) is 15.2. The second kappa shape index (κ2) is 4.84. The van der Waals surface area contributed by atoms with Gasteiger partial charge in [0.05, 0.1) is 0 Å². The number of ketones is 1. The summed E-state index contributed by atoms with van der Waals surface area (Å²) in [6.45, 7) is 9.91. The van der Waals surface area contributed by atoms with Gasteiger partial charge in [0.25, 0.3) is 0 Å². The third-order valence-corrected chi connectivity index (χ3v) is 9.16. The summed E-state index contributed by atoms with van der Waals surface area (Å²) >= 11 is 0. The van der Waals surface area contributed by atoms with Crippen molar-refractivity contribution in [2.75, 3.05) is 0 Å². The molecule has 1 heteroatoms. The molecule has 0 saturated heterocycles. The molecule has 22 heavy (non-hydrogen) atoms. The number of Topliss-reactive ketones (excluding diaryl/α,β-unsaturated/α-hetero) is 1. The molecular weight excluding hydrogens is 268 g/mol. The largest absolute Gasteiger partial charge is 0.299 e. The third kappa shape index (κ3) is 1.86. The third-order valence-electron chi connectivity index (χ3n) is 9.16. The first-order chi connectivity index (χ1) is 10.4. The number of hydrogen-bond acceptors (Lipinski definition) is 1. The predicted molar refractivity (Wildman–Crippen MR) is 90.4 cm³/mol. The summed E-state index contributed by atoms with van der Waals surface area (Å²) in [7, 11) is 0. The Labute approximate surface area is 136 Å². The van der Waals surface area contributed by atoms with E-state index in [9.17, 15) is 4.79 Å². The van der Waals surface area contributed by atoms with E-state index < -0.39 is 0 Å². The zero-order chi connectivity index (χ0) is 15.7. The normalized spacial score (nSPS) is 57.9. The highest BCUT2D eigenvalue weighted by Gasteiger charge is 2.60. The molecule has 124 valence electrons. The van der Waals surface area contributed by atoms with Gasteiger partial charge in [0, 0.05) is 11.8 Å². The molecule has 0 N–H and O–H groups in total. The Morgan fingerprint density at radius 2 is 1.73 bits per heavy atom. The number of carbonyl (C=O) groups excluding carboxylic acids is 1. The van der Waals surface area contributed by atoms with Gasteiger partial charge in [0.2, 0.25) is 0 Å². The van der Waals surface area contributed by atoms with Crippen LogP contribution in [0.1, 0.15) is 79.1 Å². The lowest BCUT2D eigenvalue weighted by Crippen LogP contribution is -2.54. The summed E-state index contributed by atoms with van der Waals surface area (Å²) in [4.78, 5) is 12.5. The van der Waals surface area contributed by atoms with Gasteiger partial charge in [-0.2, -0.15) is 0 Å². The zero-order valence-electron chi connectivity index (χ0n) is 15.0. The Bertz CT molecular complexity index is 482. The minimum atomic E-state index is 0.0535. The highest BCUT2D eigenvalue weighted by molar-refractivity contribution is 5.87. The van der Waals surface area contributed by atoms with Crippen molar-refractivity contribution in [3.05, 3.63) is 0 Å². The van der Waals surface area contributed by atoms with Crippen molar-refractivity contribution in [1.82, 2.24) is 0 Å². The smallest absolute Gasteiger partial charge is 0.139 e. The fraction of sp³-hybridized carbons (Fsp3) is 0.952. The Balaban J connectivity index is 1.65. The molecule has 0 radical (unpaired) electrons. The molecule has 0 aromatic rings. The summed E-state index contributed by atoms with van der Waals surface area (Å²) in [5.41, 5.74) is 0.625. The van der Waals surface area contributed by atoms with Crippen LogP contribution >= 0.6 is 0 Å². The van der Waals surface area contributed by atoms with Crippen LogP contribution in [0.3, 0.4) is 0 Å². The van der Waals surface area contributed by atoms with Gasteiger partial charge in [-0.1, -0.05) is 27.7 Å². The van der Waals surface area contributed by atoms with Crippen LogP contribution in [0, 0.1) is 46.3 Å². The molecule has 4 rings (SSSR count). The van der Waals surface area contributed by atoms with Crippen LogP contribution in [0.25, 0.3) is 0 Å². The number of rotatable bonds is 0. The second-order valence-electron chi connectivity index (χ2n) is 9.97. The molecule has 4 aliphatic carbocycles. The van der Waals surface area contributed by atoms with Gasteiger partial charge in [-0.25, -0.2) is 0 Å². The average Bonchev–Trinajstić information content (AvgIpc) is 2.77. The van der Waals surface area contributed by atoms with Crippen molar-refractivity contribution in [3.8, 4) is 0 Å². The Morgan fingerprint density at radius 3 is 2.50 bits per heavy atom. The Hall–Kier alpha value is -0.330. The maximum absolute atomic E-state index is 12.5. The monoisotopic (exact) mass is 302 g/mol. The van der Waals surface area contributed by atoms with Gasteiger partial charge in [-0.05, 0) is 85.9 Å². The molecule has 0 heterocycles. The summed E-state index contributed by atoms with van der Waals surface area (Å²) < 4.78 is 0. The predicted octanol–water partition coefficient (Wildman–Crippen LogP) is 5.48. The number of hydrogen-bond donors (Lipinski definition) is 0. The van der Waals surface area contributed by atoms with Gasteiger partial charge in [-0.3, -0.25) is 4.79 Å². The standard InChI is InChI=1S/C21H34O/c1-13-11-15-5-6-16-17-7-8-19(22)20(17,3)10-9-18(16)21(15,4)12-14(13)2/h13-18H,5-12H2,1-4H3/t13-,14-,15-,16-,17-,18-,20-,21-/m0/s1. The minimum Gasteiger partial charge on any atom is -0.299 e. The average molecular weight is 303 g/mol. The molecule has 1 nitrogen and oxygen atoms in total. The molecule has 0 aromatic heterocycles. The Kier molecular flexibility index (Phi) is 3.34. The lowest BCUT2D eigenvalue weighted by Gasteiger charge is -2.61. The zero-order valence-corrected chi connectivity index (χ0v) is 15.0. The van der Waals surface area contributed by atoms with Crippen LogP contribution in [0.15, 0.2) is 0 Å². The quantitative estimate of drug-likeness (QED) is 0.579. The topological polar surface area (TPSA) is 17.1 Å². The molecule has 4 aliphatic rings. The van der Waals surface area contributed by atoms with Gasteiger partial charge >= 0.3 is 0 Å². The molecule has 0 aromatic carbocycles. The second-order valence-corrected chi connectivity index (χ2v) is 9.97. The van der Waals surface area contributed by atoms with Crippen molar-refractivity contribution in [1.29, 1.82) is 0 Å². The molecule has 8 atom stereocenters. The van der Waals surface area contributed by atoms with E-state index in [2.05, 4.69) is 27.7 Å². The van der Waals surface area contributed by atoms with Gasteiger partial charge < -0.3 is 0 Å². The maximum atomic E-state index is 12.5. The fourth-order valence-electron chi connectivity index (χ4n) is 7.59. The summed E-state index contributed by atoms with van der Waals surface area (Å²) in [5, 5.41) is 0. The number of carbonyl (C=O) groups is 1. The molecule has 0 amide bonds. The first-order valence-electron chi connectivity index (χ1n) is 9.89. The van der Waals surface area contributed by atoms with Crippen molar-refractivity contribution >= 4 is 5.78 Å². The van der Waals surface area contributed by atoms with Gasteiger partial charge in [-0.15, -0.1) is 0 Å². The Morgan fingerprint density at radius 1 is 0.955 bits per heavy atom. The van der Waals surface area contributed by atoms with E-state index in [1.165, 1.54) is 44.9 Å². The molecule has 4 fully saturated rings. The van der Waals surface area contributed by atoms with E-state index in [0.29, 0.717) is 17.1 Å². The van der Waals surface area contributed by atoms with E-state index in [1.54, 1.807) is 0 Å². The van der Waals surface area contributed by atoms with Gasteiger partial charge in [0.1, 0.15) is 5.78 Å². The van der Waals surface area contributed by atoms with Crippen LogP contribution in [0.2, 0.25) is 0 Å². The molecule has 0 aliphatic heterocycles. The first-order valence-corrected chi connectivity index (χ1v) is 9.89. The van der Waals surface area contributed by atoms with Gasteiger partial charge in [0.15, 0.2) is 0 Å². The number of fused-ring (bicyclic) bond motifs is 5. The van der Waals surface area contributed by atoms with Crippen LogP contribution in [0.5, 0.6) is 0 Å². The van der Waals surface area contributed by atoms with E-state index in [0.717, 1.165) is 36.0 Å². The fourth-order valence-corrected chi connectivity index (χ4v) is 7.59. The van der Waals surface area contributed by atoms with Crippen LogP contribution in [-0.4, -0.2) is 5.78 Å². The molecule has 0 unspecified atom stereocenters. The van der Waals surface area contributed by atoms with Crippen molar-refractivity contribution in [2.24, 2.45) is 46.3 Å². The lowest BCUT2D eigenvalue weighted by atomic mass is 9.44. The minimum absolute atomic E-state index is 0.0535.